The van der Waals surface area contributed by atoms with Crippen LogP contribution in [0.25, 0.3) is 0 Å². The minimum absolute atomic E-state index is 0.0775. The van der Waals surface area contributed by atoms with E-state index in [9.17, 15) is 4.79 Å². The molecular weight excluding hydrogens is 166 g/mol. The highest BCUT2D eigenvalue weighted by atomic mass is 16.5. The Bertz CT molecular complexity index is 293. The Labute approximate surface area is 78.1 Å². The molecule has 0 spiro atoms. The molecule has 72 valence electrons. The summed E-state index contributed by atoms with van der Waals surface area (Å²) in [5.41, 5.74) is 1.77. The van der Waals surface area contributed by atoms with Crippen LogP contribution in [0.1, 0.15) is 30.9 Å². The molecule has 1 aromatic heterocycles. The molecule has 3 nitrogen and oxygen atoms in total. The van der Waals surface area contributed by atoms with Crippen LogP contribution in [0.3, 0.4) is 0 Å². The maximum atomic E-state index is 11.4. The molecule has 0 saturated carbocycles. The van der Waals surface area contributed by atoms with Gasteiger partial charge >= 0.3 is 0 Å². The summed E-state index contributed by atoms with van der Waals surface area (Å²) in [6.07, 6.45) is 0.443. The van der Waals surface area contributed by atoms with E-state index in [4.69, 9.17) is 4.52 Å². The van der Waals surface area contributed by atoms with Crippen molar-refractivity contribution in [2.24, 2.45) is 5.92 Å². The summed E-state index contributed by atoms with van der Waals surface area (Å²) in [5.74, 6) is 1.06. The normalized spacial score (nSPS) is 10.8. The van der Waals surface area contributed by atoms with Crippen LogP contribution >= 0.6 is 0 Å². The predicted molar refractivity (Wildman–Crippen MR) is 49.5 cm³/mol. The first-order valence-corrected chi connectivity index (χ1v) is 4.46. The van der Waals surface area contributed by atoms with Crippen molar-refractivity contribution in [1.29, 1.82) is 0 Å². The van der Waals surface area contributed by atoms with Gasteiger partial charge in [-0.1, -0.05) is 19.0 Å². The fourth-order valence-corrected chi connectivity index (χ4v) is 1.13. The molecule has 0 unspecified atom stereocenters. The highest BCUT2D eigenvalue weighted by Crippen LogP contribution is 2.14. The molecule has 0 amide bonds. The molecule has 1 rings (SSSR count). The van der Waals surface area contributed by atoms with Gasteiger partial charge < -0.3 is 4.52 Å². The molecule has 0 N–H and O–H groups in total. The number of hydrogen-bond donors (Lipinski definition) is 0. The van der Waals surface area contributed by atoms with E-state index >= 15 is 0 Å². The molecule has 0 radical (unpaired) electrons. The molecule has 1 aromatic rings. The Balaban J connectivity index is 2.79. The van der Waals surface area contributed by atoms with Gasteiger partial charge in [-0.3, -0.25) is 4.79 Å². The molecule has 0 atom stereocenters. The number of hydrogen-bond acceptors (Lipinski definition) is 3. The number of rotatable bonds is 3. The summed E-state index contributed by atoms with van der Waals surface area (Å²) in [6, 6.07) is 0. The average Bonchev–Trinajstić information content (AvgIpc) is 2.35. The standard InChI is InChI=1S/C10H15NO2/c1-6(2)10(12)5-9-7(3)11-13-8(9)4/h6H,5H2,1-4H3. The third-order valence-corrected chi connectivity index (χ3v) is 2.18. The number of nitrogens with zero attached hydrogens (tertiary/aromatic N) is 1. The van der Waals surface area contributed by atoms with E-state index in [0.717, 1.165) is 17.0 Å². The summed E-state index contributed by atoms with van der Waals surface area (Å²) >= 11 is 0. The van der Waals surface area contributed by atoms with E-state index in [2.05, 4.69) is 5.16 Å². The van der Waals surface area contributed by atoms with Crippen molar-refractivity contribution in [2.45, 2.75) is 34.1 Å². The number of Topliss-reactive ketones (excluding diaryl/α,β-unsaturated/α-hetero) is 1. The second kappa shape index (κ2) is 3.73. The zero-order chi connectivity index (χ0) is 10.0. The van der Waals surface area contributed by atoms with E-state index < -0.39 is 0 Å². The molecule has 0 aliphatic heterocycles. The Kier molecular flexibility index (Phi) is 2.86. The minimum atomic E-state index is 0.0775. The van der Waals surface area contributed by atoms with Gasteiger partial charge in [0.2, 0.25) is 0 Å². The Morgan fingerprint density at radius 3 is 2.46 bits per heavy atom. The molecule has 0 saturated heterocycles. The third-order valence-electron chi connectivity index (χ3n) is 2.18. The summed E-state index contributed by atoms with van der Waals surface area (Å²) in [6.45, 7) is 7.50. The second-order valence-electron chi connectivity index (χ2n) is 3.60. The summed E-state index contributed by atoms with van der Waals surface area (Å²) < 4.78 is 4.97. The van der Waals surface area contributed by atoms with E-state index in [1.54, 1.807) is 0 Å². The maximum absolute atomic E-state index is 11.4. The van der Waals surface area contributed by atoms with Crippen molar-refractivity contribution in [3.05, 3.63) is 17.0 Å². The lowest BCUT2D eigenvalue weighted by Gasteiger charge is -2.02. The van der Waals surface area contributed by atoms with Crippen LogP contribution in [-0.2, 0) is 11.2 Å². The van der Waals surface area contributed by atoms with Gasteiger partial charge in [-0.2, -0.15) is 0 Å². The quantitative estimate of drug-likeness (QED) is 0.716. The van der Waals surface area contributed by atoms with Crippen LogP contribution in [0.4, 0.5) is 0 Å². The monoisotopic (exact) mass is 181 g/mol. The first-order valence-electron chi connectivity index (χ1n) is 4.46. The fourth-order valence-electron chi connectivity index (χ4n) is 1.13. The first kappa shape index (κ1) is 9.96. The molecule has 13 heavy (non-hydrogen) atoms. The molecule has 0 aliphatic carbocycles. The Morgan fingerprint density at radius 2 is 2.08 bits per heavy atom. The molecule has 0 bridgehead atoms. The van der Waals surface area contributed by atoms with Crippen LogP contribution in [0.15, 0.2) is 4.52 Å². The average molecular weight is 181 g/mol. The minimum Gasteiger partial charge on any atom is -0.361 e. The van der Waals surface area contributed by atoms with Crippen molar-refractivity contribution in [2.75, 3.05) is 0 Å². The number of aryl methyl sites for hydroxylation is 2. The van der Waals surface area contributed by atoms with Crippen LogP contribution in [0, 0.1) is 19.8 Å². The molecule has 1 heterocycles. The lowest BCUT2D eigenvalue weighted by molar-refractivity contribution is -0.121. The van der Waals surface area contributed by atoms with Gasteiger partial charge in [-0.05, 0) is 13.8 Å². The fraction of sp³-hybridized carbons (Fsp3) is 0.600. The van der Waals surface area contributed by atoms with E-state index in [1.807, 2.05) is 27.7 Å². The zero-order valence-electron chi connectivity index (χ0n) is 8.55. The SMILES string of the molecule is Cc1noc(C)c1CC(=O)C(C)C. The molecule has 0 aliphatic rings. The lowest BCUT2D eigenvalue weighted by Crippen LogP contribution is -2.11. The van der Waals surface area contributed by atoms with E-state index in [0.29, 0.717) is 6.42 Å². The number of carbonyl (C=O) groups is 1. The molecule has 3 heteroatoms. The van der Waals surface area contributed by atoms with Gasteiger partial charge in [-0.25, -0.2) is 0 Å². The smallest absolute Gasteiger partial charge is 0.139 e. The van der Waals surface area contributed by atoms with Gasteiger partial charge in [0.05, 0.1) is 5.69 Å². The van der Waals surface area contributed by atoms with Crippen molar-refractivity contribution < 1.29 is 9.32 Å². The van der Waals surface area contributed by atoms with Crippen molar-refractivity contribution in [1.82, 2.24) is 5.16 Å². The van der Waals surface area contributed by atoms with Crippen LogP contribution in [-0.4, -0.2) is 10.9 Å². The summed E-state index contributed by atoms with van der Waals surface area (Å²) in [4.78, 5) is 11.4. The second-order valence-corrected chi connectivity index (χ2v) is 3.60. The molecule has 0 fully saturated rings. The lowest BCUT2D eigenvalue weighted by atomic mass is 10.0. The predicted octanol–water partition coefficient (Wildman–Crippen LogP) is 2.06. The highest BCUT2D eigenvalue weighted by molar-refractivity contribution is 5.82. The third kappa shape index (κ3) is 2.17. The van der Waals surface area contributed by atoms with E-state index in [-0.39, 0.29) is 11.7 Å². The van der Waals surface area contributed by atoms with Crippen molar-refractivity contribution in [3.63, 3.8) is 0 Å². The van der Waals surface area contributed by atoms with Gasteiger partial charge in [0.15, 0.2) is 0 Å². The highest BCUT2D eigenvalue weighted by Gasteiger charge is 2.15. The largest absolute Gasteiger partial charge is 0.361 e. The summed E-state index contributed by atoms with van der Waals surface area (Å²) in [5, 5.41) is 3.80. The molecular formula is C10H15NO2. The number of carbonyl (C=O) groups excluding carboxylic acids is 1. The maximum Gasteiger partial charge on any atom is 0.139 e. The van der Waals surface area contributed by atoms with Gasteiger partial charge in [0.1, 0.15) is 11.5 Å². The van der Waals surface area contributed by atoms with Crippen LogP contribution < -0.4 is 0 Å². The van der Waals surface area contributed by atoms with Crippen LogP contribution in [0.5, 0.6) is 0 Å². The Hall–Kier alpha value is -1.12. The topological polar surface area (TPSA) is 43.1 Å². The Morgan fingerprint density at radius 1 is 1.46 bits per heavy atom. The molecule has 0 aromatic carbocycles. The van der Waals surface area contributed by atoms with Gasteiger partial charge in [-0.15, -0.1) is 0 Å². The summed E-state index contributed by atoms with van der Waals surface area (Å²) in [7, 11) is 0. The van der Waals surface area contributed by atoms with Crippen molar-refractivity contribution in [3.8, 4) is 0 Å². The number of aromatic nitrogens is 1. The van der Waals surface area contributed by atoms with Gasteiger partial charge in [0.25, 0.3) is 0 Å². The van der Waals surface area contributed by atoms with Crippen LogP contribution in [0.2, 0.25) is 0 Å². The van der Waals surface area contributed by atoms with E-state index in [1.165, 1.54) is 0 Å². The van der Waals surface area contributed by atoms with Gasteiger partial charge in [0, 0.05) is 17.9 Å². The number of ketones is 1. The zero-order valence-corrected chi connectivity index (χ0v) is 8.55. The first-order chi connectivity index (χ1) is 6.02. The van der Waals surface area contributed by atoms with Crippen molar-refractivity contribution >= 4 is 5.78 Å².